The number of benzene rings is 2. The number of rotatable bonds is 5. The summed E-state index contributed by atoms with van der Waals surface area (Å²) in [5.74, 6) is -0.485. The van der Waals surface area contributed by atoms with Crippen LogP contribution >= 0.6 is 27.5 Å². The van der Waals surface area contributed by atoms with Crippen molar-refractivity contribution in [2.45, 2.75) is 12.8 Å². The number of carbonyl (C=O) groups is 2. The Bertz CT molecular complexity index is 782. The lowest BCUT2D eigenvalue weighted by Crippen LogP contribution is -2.30. The number of anilines is 1. The summed E-state index contributed by atoms with van der Waals surface area (Å²) in [6, 6.07) is 15.3. The molecule has 0 spiro atoms. The van der Waals surface area contributed by atoms with Gasteiger partial charge in [-0.1, -0.05) is 57.9 Å². The monoisotopic (exact) mass is 420 g/mol. The minimum Gasteiger partial charge on any atom is -0.342 e. The second kappa shape index (κ2) is 8.02. The summed E-state index contributed by atoms with van der Waals surface area (Å²) in [7, 11) is 0. The van der Waals surface area contributed by atoms with Crippen molar-refractivity contribution >= 4 is 45.0 Å². The van der Waals surface area contributed by atoms with Gasteiger partial charge in [0.05, 0.1) is 16.6 Å². The first-order chi connectivity index (χ1) is 12.0. The van der Waals surface area contributed by atoms with Crippen molar-refractivity contribution in [1.82, 2.24) is 4.90 Å². The molecule has 0 aliphatic carbocycles. The molecule has 1 atom stereocenters. The zero-order chi connectivity index (χ0) is 17.8. The van der Waals surface area contributed by atoms with E-state index in [1.807, 2.05) is 36.4 Å². The SMILES string of the molecule is O=C(Nc1ccc(Br)cc1Cl)C1CC(=O)N(CCc2ccccc2)C1. The van der Waals surface area contributed by atoms with Gasteiger partial charge in [0.1, 0.15) is 0 Å². The smallest absolute Gasteiger partial charge is 0.229 e. The van der Waals surface area contributed by atoms with Crippen molar-refractivity contribution in [2.24, 2.45) is 5.92 Å². The summed E-state index contributed by atoms with van der Waals surface area (Å²) in [6.45, 7) is 1.08. The van der Waals surface area contributed by atoms with Crippen LogP contribution in [0.2, 0.25) is 5.02 Å². The molecule has 0 saturated carbocycles. The Morgan fingerprint density at radius 1 is 1.24 bits per heavy atom. The van der Waals surface area contributed by atoms with Gasteiger partial charge in [0.2, 0.25) is 11.8 Å². The Kier molecular flexibility index (Phi) is 5.76. The molecule has 6 heteroatoms. The third-order valence-electron chi connectivity index (χ3n) is 4.29. The van der Waals surface area contributed by atoms with E-state index in [0.717, 1.165) is 10.9 Å². The van der Waals surface area contributed by atoms with E-state index in [2.05, 4.69) is 21.2 Å². The Morgan fingerprint density at radius 2 is 2.00 bits per heavy atom. The first-order valence-corrected chi connectivity index (χ1v) is 9.27. The van der Waals surface area contributed by atoms with Crippen LogP contribution in [0, 0.1) is 5.92 Å². The lowest BCUT2D eigenvalue weighted by Gasteiger charge is -2.17. The highest BCUT2D eigenvalue weighted by Crippen LogP contribution is 2.27. The molecule has 3 rings (SSSR count). The lowest BCUT2D eigenvalue weighted by molar-refractivity contribution is -0.128. The molecule has 4 nitrogen and oxygen atoms in total. The average Bonchev–Trinajstić information content (AvgIpc) is 2.97. The van der Waals surface area contributed by atoms with E-state index in [-0.39, 0.29) is 24.2 Å². The van der Waals surface area contributed by atoms with Gasteiger partial charge >= 0.3 is 0 Å². The van der Waals surface area contributed by atoms with E-state index in [4.69, 9.17) is 11.6 Å². The highest BCUT2D eigenvalue weighted by molar-refractivity contribution is 9.10. The summed E-state index contributed by atoms with van der Waals surface area (Å²) >= 11 is 9.47. The van der Waals surface area contributed by atoms with Crippen LogP contribution in [0.3, 0.4) is 0 Å². The molecule has 2 amide bonds. The minimum atomic E-state index is -0.344. The van der Waals surface area contributed by atoms with E-state index >= 15 is 0 Å². The number of nitrogens with zero attached hydrogens (tertiary/aromatic N) is 1. The van der Waals surface area contributed by atoms with Gasteiger partial charge in [0.25, 0.3) is 0 Å². The highest BCUT2D eigenvalue weighted by atomic mass is 79.9. The third kappa shape index (κ3) is 4.61. The Balaban J connectivity index is 1.57. The molecule has 2 aromatic carbocycles. The Hall–Kier alpha value is -1.85. The maximum absolute atomic E-state index is 12.5. The molecule has 0 aromatic heterocycles. The van der Waals surface area contributed by atoms with Gasteiger partial charge < -0.3 is 10.2 Å². The fraction of sp³-hybridized carbons (Fsp3) is 0.263. The van der Waals surface area contributed by atoms with E-state index < -0.39 is 0 Å². The highest BCUT2D eigenvalue weighted by Gasteiger charge is 2.34. The second-order valence-corrected chi connectivity index (χ2v) is 7.41. The summed E-state index contributed by atoms with van der Waals surface area (Å²) in [4.78, 5) is 26.4. The van der Waals surface area contributed by atoms with Crippen molar-refractivity contribution in [3.8, 4) is 0 Å². The fourth-order valence-electron chi connectivity index (χ4n) is 2.90. The first-order valence-electron chi connectivity index (χ1n) is 8.10. The van der Waals surface area contributed by atoms with Crippen LogP contribution in [0.25, 0.3) is 0 Å². The van der Waals surface area contributed by atoms with Crippen molar-refractivity contribution in [2.75, 3.05) is 18.4 Å². The van der Waals surface area contributed by atoms with E-state index in [0.29, 0.717) is 23.8 Å². The number of likely N-dealkylation sites (tertiary alicyclic amines) is 1. The molecule has 1 N–H and O–H groups in total. The first kappa shape index (κ1) is 18.0. The normalized spacial score (nSPS) is 17.0. The Labute approximate surface area is 160 Å². The molecule has 1 unspecified atom stereocenters. The van der Waals surface area contributed by atoms with Crippen LogP contribution in [0.5, 0.6) is 0 Å². The minimum absolute atomic E-state index is 0.0259. The predicted molar refractivity (Wildman–Crippen MR) is 103 cm³/mol. The zero-order valence-electron chi connectivity index (χ0n) is 13.5. The van der Waals surface area contributed by atoms with Crippen molar-refractivity contribution in [1.29, 1.82) is 0 Å². The molecule has 1 saturated heterocycles. The van der Waals surface area contributed by atoms with Crippen LogP contribution in [0.4, 0.5) is 5.69 Å². The molecule has 25 heavy (non-hydrogen) atoms. The molecular weight excluding hydrogens is 404 g/mol. The number of halogens is 2. The van der Waals surface area contributed by atoms with Crippen LogP contribution in [0.1, 0.15) is 12.0 Å². The van der Waals surface area contributed by atoms with Gasteiger partial charge in [-0.3, -0.25) is 9.59 Å². The summed E-state index contributed by atoms with van der Waals surface area (Å²) in [6.07, 6.45) is 1.04. The van der Waals surface area contributed by atoms with Gasteiger partial charge in [-0.2, -0.15) is 0 Å². The zero-order valence-corrected chi connectivity index (χ0v) is 15.9. The van der Waals surface area contributed by atoms with Crippen molar-refractivity contribution in [3.63, 3.8) is 0 Å². The van der Waals surface area contributed by atoms with E-state index in [9.17, 15) is 9.59 Å². The van der Waals surface area contributed by atoms with Gasteiger partial charge in [0, 0.05) is 24.0 Å². The molecule has 0 bridgehead atoms. The van der Waals surface area contributed by atoms with Gasteiger partial charge in [-0.25, -0.2) is 0 Å². The summed E-state index contributed by atoms with van der Waals surface area (Å²) in [5, 5.41) is 3.29. The number of carbonyl (C=O) groups excluding carboxylic acids is 2. The lowest BCUT2D eigenvalue weighted by atomic mass is 10.1. The molecule has 1 fully saturated rings. The van der Waals surface area contributed by atoms with E-state index in [1.54, 1.807) is 17.0 Å². The van der Waals surface area contributed by atoms with Crippen LogP contribution < -0.4 is 5.32 Å². The van der Waals surface area contributed by atoms with Gasteiger partial charge in [-0.15, -0.1) is 0 Å². The van der Waals surface area contributed by atoms with Crippen molar-refractivity contribution < 1.29 is 9.59 Å². The van der Waals surface area contributed by atoms with Gasteiger partial charge in [0.15, 0.2) is 0 Å². The number of nitrogens with one attached hydrogen (secondary N) is 1. The quantitative estimate of drug-likeness (QED) is 0.789. The van der Waals surface area contributed by atoms with Gasteiger partial charge in [-0.05, 0) is 30.2 Å². The van der Waals surface area contributed by atoms with Crippen LogP contribution in [-0.2, 0) is 16.0 Å². The maximum atomic E-state index is 12.5. The number of amides is 2. The van der Waals surface area contributed by atoms with Crippen molar-refractivity contribution in [3.05, 3.63) is 63.6 Å². The second-order valence-electron chi connectivity index (χ2n) is 6.09. The topological polar surface area (TPSA) is 49.4 Å². The fourth-order valence-corrected chi connectivity index (χ4v) is 3.62. The van der Waals surface area contributed by atoms with Crippen LogP contribution in [0.15, 0.2) is 53.0 Å². The molecule has 1 heterocycles. The molecule has 130 valence electrons. The molecule has 2 aromatic rings. The molecule has 1 aliphatic heterocycles. The number of hydrogen-bond acceptors (Lipinski definition) is 2. The standard InChI is InChI=1S/C19H18BrClN2O2/c20-15-6-7-17(16(21)11-15)22-19(25)14-10-18(24)23(12-14)9-8-13-4-2-1-3-5-13/h1-7,11,14H,8-10,12H2,(H,22,25). The molecule has 0 radical (unpaired) electrons. The van der Waals surface area contributed by atoms with Crippen LogP contribution in [-0.4, -0.2) is 29.8 Å². The summed E-state index contributed by atoms with van der Waals surface area (Å²) in [5.41, 5.74) is 1.75. The largest absolute Gasteiger partial charge is 0.342 e. The Morgan fingerprint density at radius 3 is 2.72 bits per heavy atom. The average molecular weight is 422 g/mol. The maximum Gasteiger partial charge on any atom is 0.229 e. The summed E-state index contributed by atoms with van der Waals surface area (Å²) < 4.78 is 0.846. The van der Waals surface area contributed by atoms with E-state index in [1.165, 1.54) is 5.56 Å². The molecular formula is C19H18BrClN2O2. The molecule has 1 aliphatic rings. The third-order valence-corrected chi connectivity index (χ3v) is 5.09. The predicted octanol–water partition coefficient (Wildman–Crippen LogP) is 4.13. The number of hydrogen-bond donors (Lipinski definition) is 1.